The van der Waals surface area contributed by atoms with Crippen LogP contribution in [0.1, 0.15) is 47.0 Å². The van der Waals surface area contributed by atoms with E-state index in [-0.39, 0.29) is 24.8 Å². The number of hydrogen-bond acceptors (Lipinski definition) is 5. The van der Waals surface area contributed by atoms with Gasteiger partial charge in [-0.2, -0.15) is 0 Å². The third-order valence-corrected chi connectivity index (χ3v) is 4.15. The van der Waals surface area contributed by atoms with Crippen LogP contribution in [0.15, 0.2) is 24.3 Å². The van der Waals surface area contributed by atoms with Crippen molar-refractivity contribution < 1.29 is 23.9 Å². The molecule has 1 aliphatic rings. The molecule has 8 nitrogen and oxygen atoms in total. The average molecular weight is 405 g/mol. The molecule has 8 heteroatoms. The first-order valence-corrected chi connectivity index (χ1v) is 10.0. The van der Waals surface area contributed by atoms with Crippen LogP contribution in [0.4, 0.5) is 10.5 Å². The maximum absolute atomic E-state index is 12.8. The number of ether oxygens (including phenoxy) is 2. The van der Waals surface area contributed by atoms with E-state index in [2.05, 4.69) is 10.6 Å². The Labute approximate surface area is 171 Å². The van der Waals surface area contributed by atoms with E-state index in [1.807, 2.05) is 13.0 Å². The van der Waals surface area contributed by atoms with E-state index in [9.17, 15) is 14.4 Å². The van der Waals surface area contributed by atoms with Crippen LogP contribution < -0.4 is 20.3 Å². The van der Waals surface area contributed by atoms with Crippen molar-refractivity contribution in [2.24, 2.45) is 0 Å². The highest BCUT2D eigenvalue weighted by Gasteiger charge is 2.33. The molecule has 0 aliphatic carbocycles. The van der Waals surface area contributed by atoms with E-state index >= 15 is 0 Å². The number of alkyl carbamates (subject to hydrolysis) is 1. The lowest BCUT2D eigenvalue weighted by Gasteiger charge is -2.34. The van der Waals surface area contributed by atoms with Crippen LogP contribution in [0.3, 0.4) is 0 Å². The number of carbonyl (C=O) groups is 3. The van der Waals surface area contributed by atoms with Crippen LogP contribution in [0.5, 0.6) is 5.75 Å². The Morgan fingerprint density at radius 2 is 1.90 bits per heavy atom. The maximum atomic E-state index is 12.8. The van der Waals surface area contributed by atoms with Gasteiger partial charge < -0.3 is 25.0 Å². The van der Waals surface area contributed by atoms with E-state index in [4.69, 9.17) is 9.47 Å². The standard InChI is InChI=1S/C21H31N3O5/c1-5-12-22-19(26)17-14-24(15-9-6-7-10-16(15)28-17)18(25)11-8-13-23-20(27)29-21(2,3)4/h6-7,9-10,17H,5,8,11-14H2,1-4H3,(H,22,26)(H,23,27)/t17-/m1/s1. The predicted octanol–water partition coefficient (Wildman–Crippen LogP) is 2.61. The van der Waals surface area contributed by atoms with Crippen molar-refractivity contribution in [2.75, 3.05) is 24.5 Å². The van der Waals surface area contributed by atoms with Gasteiger partial charge in [0, 0.05) is 19.5 Å². The Bertz CT molecular complexity index is 729. The fraction of sp³-hybridized carbons (Fsp3) is 0.571. The molecule has 2 N–H and O–H groups in total. The van der Waals surface area contributed by atoms with E-state index in [0.29, 0.717) is 30.9 Å². The summed E-state index contributed by atoms with van der Waals surface area (Å²) in [6.45, 7) is 8.39. The molecule has 1 heterocycles. The fourth-order valence-corrected chi connectivity index (χ4v) is 2.85. The zero-order chi connectivity index (χ0) is 21.4. The van der Waals surface area contributed by atoms with Crippen molar-refractivity contribution in [3.05, 3.63) is 24.3 Å². The summed E-state index contributed by atoms with van der Waals surface area (Å²) in [4.78, 5) is 38.4. The van der Waals surface area contributed by atoms with Crippen molar-refractivity contribution in [3.8, 4) is 5.75 Å². The van der Waals surface area contributed by atoms with Crippen molar-refractivity contribution in [2.45, 2.75) is 58.7 Å². The van der Waals surface area contributed by atoms with E-state index in [0.717, 1.165) is 6.42 Å². The van der Waals surface area contributed by atoms with Gasteiger partial charge in [-0.1, -0.05) is 19.1 Å². The second-order valence-corrected chi connectivity index (χ2v) is 7.90. The van der Waals surface area contributed by atoms with Gasteiger partial charge in [-0.05, 0) is 45.7 Å². The first-order chi connectivity index (χ1) is 13.7. The molecular formula is C21H31N3O5. The molecule has 0 unspecified atom stereocenters. The maximum Gasteiger partial charge on any atom is 0.407 e. The third kappa shape index (κ3) is 6.96. The Hall–Kier alpha value is -2.77. The van der Waals surface area contributed by atoms with E-state index < -0.39 is 17.8 Å². The monoisotopic (exact) mass is 405 g/mol. The van der Waals surface area contributed by atoms with Crippen molar-refractivity contribution in [1.82, 2.24) is 10.6 Å². The first kappa shape index (κ1) is 22.5. The molecule has 1 aliphatic heterocycles. The molecule has 0 radical (unpaired) electrons. The molecule has 0 bridgehead atoms. The van der Waals surface area contributed by atoms with Gasteiger partial charge in [0.25, 0.3) is 5.91 Å². The minimum absolute atomic E-state index is 0.125. The summed E-state index contributed by atoms with van der Waals surface area (Å²) in [5.74, 6) is 0.154. The topological polar surface area (TPSA) is 97.0 Å². The number of fused-ring (bicyclic) bond motifs is 1. The molecule has 1 aromatic carbocycles. The van der Waals surface area contributed by atoms with Gasteiger partial charge in [0.05, 0.1) is 12.2 Å². The van der Waals surface area contributed by atoms with E-state index in [1.165, 1.54) is 0 Å². The first-order valence-electron chi connectivity index (χ1n) is 10.0. The SMILES string of the molecule is CCCNC(=O)[C@H]1CN(C(=O)CCCNC(=O)OC(C)(C)C)c2ccccc2O1. The molecule has 0 aromatic heterocycles. The lowest BCUT2D eigenvalue weighted by Crippen LogP contribution is -2.51. The summed E-state index contributed by atoms with van der Waals surface area (Å²) < 4.78 is 11.0. The van der Waals surface area contributed by atoms with Gasteiger partial charge in [0.1, 0.15) is 11.4 Å². The zero-order valence-electron chi connectivity index (χ0n) is 17.6. The van der Waals surface area contributed by atoms with Crippen LogP contribution in [0.25, 0.3) is 0 Å². The lowest BCUT2D eigenvalue weighted by atomic mass is 10.1. The summed E-state index contributed by atoms with van der Waals surface area (Å²) in [5.41, 5.74) is 0.0854. The number of nitrogens with zero attached hydrogens (tertiary/aromatic N) is 1. The molecule has 1 atom stereocenters. The summed E-state index contributed by atoms with van der Waals surface area (Å²) in [7, 11) is 0. The highest BCUT2D eigenvalue weighted by Crippen LogP contribution is 2.33. The van der Waals surface area contributed by atoms with Crippen LogP contribution in [0.2, 0.25) is 0 Å². The number of para-hydroxylation sites is 2. The van der Waals surface area contributed by atoms with Gasteiger partial charge >= 0.3 is 6.09 Å². The number of anilines is 1. The molecule has 160 valence electrons. The van der Waals surface area contributed by atoms with Gasteiger partial charge in [0.2, 0.25) is 5.91 Å². The van der Waals surface area contributed by atoms with Crippen LogP contribution in [0, 0.1) is 0 Å². The highest BCUT2D eigenvalue weighted by atomic mass is 16.6. The predicted molar refractivity (Wildman–Crippen MR) is 110 cm³/mol. The summed E-state index contributed by atoms with van der Waals surface area (Å²) >= 11 is 0. The fourth-order valence-electron chi connectivity index (χ4n) is 2.85. The third-order valence-electron chi connectivity index (χ3n) is 4.15. The normalized spacial score (nSPS) is 15.7. The molecule has 3 amide bonds. The molecule has 0 spiro atoms. The number of nitrogens with one attached hydrogen (secondary N) is 2. The Morgan fingerprint density at radius 1 is 1.17 bits per heavy atom. The molecule has 0 fully saturated rings. The molecule has 0 saturated carbocycles. The minimum atomic E-state index is -0.750. The number of hydrogen-bond donors (Lipinski definition) is 2. The second-order valence-electron chi connectivity index (χ2n) is 7.90. The number of amides is 3. The van der Waals surface area contributed by atoms with Crippen molar-refractivity contribution >= 4 is 23.6 Å². The van der Waals surface area contributed by atoms with Gasteiger partial charge in [0.15, 0.2) is 6.10 Å². The Morgan fingerprint density at radius 3 is 2.59 bits per heavy atom. The summed E-state index contributed by atoms with van der Waals surface area (Å²) in [5, 5.41) is 5.46. The largest absolute Gasteiger partial charge is 0.477 e. The highest BCUT2D eigenvalue weighted by molar-refractivity contribution is 5.97. The van der Waals surface area contributed by atoms with Gasteiger partial charge in [-0.3, -0.25) is 9.59 Å². The second kappa shape index (κ2) is 10.1. The summed E-state index contributed by atoms with van der Waals surface area (Å²) in [6.07, 6.45) is 0.259. The Balaban J connectivity index is 1.93. The molecule has 1 aromatic rings. The Kier molecular flexibility index (Phi) is 7.87. The summed E-state index contributed by atoms with van der Waals surface area (Å²) in [6, 6.07) is 7.17. The quantitative estimate of drug-likeness (QED) is 0.680. The number of rotatable bonds is 7. The molecule has 0 saturated heterocycles. The van der Waals surface area contributed by atoms with Gasteiger partial charge in [-0.25, -0.2) is 4.79 Å². The number of benzene rings is 1. The van der Waals surface area contributed by atoms with Gasteiger partial charge in [-0.15, -0.1) is 0 Å². The van der Waals surface area contributed by atoms with Crippen LogP contribution in [-0.2, 0) is 14.3 Å². The van der Waals surface area contributed by atoms with E-state index in [1.54, 1.807) is 43.9 Å². The molecule has 2 rings (SSSR count). The van der Waals surface area contributed by atoms with Crippen molar-refractivity contribution in [1.29, 1.82) is 0 Å². The van der Waals surface area contributed by atoms with Crippen LogP contribution >= 0.6 is 0 Å². The minimum Gasteiger partial charge on any atom is -0.477 e. The lowest BCUT2D eigenvalue weighted by molar-refractivity contribution is -0.128. The number of carbonyl (C=O) groups excluding carboxylic acids is 3. The molecule has 29 heavy (non-hydrogen) atoms. The van der Waals surface area contributed by atoms with Crippen LogP contribution in [-0.4, -0.2) is 49.2 Å². The average Bonchev–Trinajstić information content (AvgIpc) is 2.67. The molecular weight excluding hydrogens is 374 g/mol. The zero-order valence-corrected chi connectivity index (χ0v) is 17.6. The van der Waals surface area contributed by atoms with Crippen molar-refractivity contribution in [3.63, 3.8) is 0 Å². The smallest absolute Gasteiger partial charge is 0.407 e.